The Morgan fingerprint density at radius 2 is 1.95 bits per heavy atom. The van der Waals surface area contributed by atoms with Gasteiger partial charge in [-0.15, -0.1) is 5.10 Å². The summed E-state index contributed by atoms with van der Waals surface area (Å²) in [6.45, 7) is 7.94. The number of pyridine rings is 1. The van der Waals surface area contributed by atoms with Gasteiger partial charge in [-0.25, -0.2) is 14.8 Å². The third-order valence-corrected chi connectivity index (χ3v) is 3.24. The van der Waals surface area contributed by atoms with E-state index in [0.29, 0.717) is 12.2 Å². The van der Waals surface area contributed by atoms with Gasteiger partial charge in [0.2, 0.25) is 0 Å². The van der Waals surface area contributed by atoms with E-state index in [1.165, 1.54) is 0 Å². The van der Waals surface area contributed by atoms with Crippen LogP contribution in [0.25, 0.3) is 5.82 Å². The highest BCUT2D eigenvalue weighted by Crippen LogP contribution is 2.18. The van der Waals surface area contributed by atoms with Crippen LogP contribution >= 0.6 is 0 Å². The molecule has 6 nitrogen and oxygen atoms in total. The number of aromatic carboxylic acids is 1. The smallest absolute Gasteiger partial charge is 0.335 e. The SMILES string of the molecule is CCc1nc(CC)n(-c2cc(C(=O)O)cc(C(C)C)n2)n1. The fourth-order valence-corrected chi connectivity index (χ4v) is 2.02. The summed E-state index contributed by atoms with van der Waals surface area (Å²) in [5.74, 6) is 1.22. The van der Waals surface area contributed by atoms with E-state index in [1.807, 2.05) is 27.7 Å². The van der Waals surface area contributed by atoms with Crippen LogP contribution in [0.15, 0.2) is 12.1 Å². The maximum Gasteiger partial charge on any atom is 0.335 e. The van der Waals surface area contributed by atoms with Gasteiger partial charge in [0.25, 0.3) is 0 Å². The number of carboxylic acids is 1. The lowest BCUT2D eigenvalue weighted by molar-refractivity contribution is 0.0696. The molecule has 0 unspecified atom stereocenters. The summed E-state index contributed by atoms with van der Waals surface area (Å²) < 4.78 is 1.65. The molecule has 0 aliphatic carbocycles. The lowest BCUT2D eigenvalue weighted by atomic mass is 10.1. The van der Waals surface area contributed by atoms with Crippen molar-refractivity contribution in [3.05, 3.63) is 35.0 Å². The largest absolute Gasteiger partial charge is 0.478 e. The van der Waals surface area contributed by atoms with E-state index in [1.54, 1.807) is 16.8 Å². The van der Waals surface area contributed by atoms with Crippen molar-refractivity contribution < 1.29 is 9.90 Å². The Kier molecular flexibility index (Phi) is 4.35. The second kappa shape index (κ2) is 6.03. The third kappa shape index (κ3) is 3.09. The number of aromatic nitrogens is 4. The number of hydrogen-bond acceptors (Lipinski definition) is 4. The van der Waals surface area contributed by atoms with E-state index < -0.39 is 5.97 Å². The minimum absolute atomic E-state index is 0.141. The Morgan fingerprint density at radius 3 is 2.48 bits per heavy atom. The molecule has 2 heterocycles. The lowest BCUT2D eigenvalue weighted by Gasteiger charge is -2.10. The van der Waals surface area contributed by atoms with Crippen molar-refractivity contribution in [3.63, 3.8) is 0 Å². The van der Waals surface area contributed by atoms with Gasteiger partial charge < -0.3 is 5.11 Å². The van der Waals surface area contributed by atoms with Gasteiger partial charge in [-0.1, -0.05) is 27.7 Å². The maximum atomic E-state index is 11.3. The normalized spacial score (nSPS) is 11.1. The fraction of sp³-hybridized carbons (Fsp3) is 0.467. The van der Waals surface area contributed by atoms with Gasteiger partial charge in [-0.2, -0.15) is 4.68 Å². The van der Waals surface area contributed by atoms with Crippen molar-refractivity contribution in [2.24, 2.45) is 0 Å². The Labute approximate surface area is 123 Å². The monoisotopic (exact) mass is 288 g/mol. The molecule has 0 aliphatic rings. The molecule has 0 saturated carbocycles. The Balaban J connectivity index is 2.62. The number of nitrogens with zero attached hydrogens (tertiary/aromatic N) is 4. The van der Waals surface area contributed by atoms with E-state index in [2.05, 4.69) is 15.1 Å². The van der Waals surface area contributed by atoms with Crippen molar-refractivity contribution in [2.45, 2.75) is 46.5 Å². The minimum atomic E-state index is -0.963. The summed E-state index contributed by atoms with van der Waals surface area (Å²) in [6, 6.07) is 3.15. The molecular weight excluding hydrogens is 268 g/mol. The second-order valence-electron chi connectivity index (χ2n) is 5.16. The Hall–Kier alpha value is -2.24. The second-order valence-corrected chi connectivity index (χ2v) is 5.16. The van der Waals surface area contributed by atoms with Crippen LogP contribution in [0.3, 0.4) is 0 Å². The van der Waals surface area contributed by atoms with Gasteiger partial charge in [-0.3, -0.25) is 0 Å². The van der Waals surface area contributed by atoms with Crippen molar-refractivity contribution in [1.29, 1.82) is 0 Å². The van der Waals surface area contributed by atoms with E-state index in [-0.39, 0.29) is 11.5 Å². The molecule has 0 radical (unpaired) electrons. The first-order chi connectivity index (χ1) is 9.96. The van der Waals surface area contributed by atoms with E-state index in [4.69, 9.17) is 0 Å². The number of carboxylic acid groups (broad SMARTS) is 1. The fourth-order valence-electron chi connectivity index (χ4n) is 2.02. The van der Waals surface area contributed by atoms with Gasteiger partial charge in [-0.05, 0) is 18.1 Å². The van der Waals surface area contributed by atoms with Gasteiger partial charge >= 0.3 is 5.97 Å². The average molecular weight is 288 g/mol. The molecule has 0 saturated heterocycles. The summed E-state index contributed by atoms with van der Waals surface area (Å²) in [7, 11) is 0. The topological polar surface area (TPSA) is 80.9 Å². The third-order valence-electron chi connectivity index (χ3n) is 3.24. The highest BCUT2D eigenvalue weighted by atomic mass is 16.4. The molecule has 0 atom stereocenters. The molecule has 21 heavy (non-hydrogen) atoms. The van der Waals surface area contributed by atoms with Crippen LogP contribution in [0, 0.1) is 0 Å². The van der Waals surface area contributed by atoms with E-state index >= 15 is 0 Å². The van der Waals surface area contributed by atoms with Gasteiger partial charge in [0, 0.05) is 18.5 Å². The maximum absolute atomic E-state index is 11.3. The molecule has 0 aromatic carbocycles. The molecule has 0 fully saturated rings. The zero-order valence-corrected chi connectivity index (χ0v) is 12.8. The van der Waals surface area contributed by atoms with E-state index in [0.717, 1.165) is 23.8 Å². The van der Waals surface area contributed by atoms with E-state index in [9.17, 15) is 9.90 Å². The summed E-state index contributed by atoms with van der Waals surface area (Å²) in [6.07, 6.45) is 1.44. The van der Waals surface area contributed by atoms with Gasteiger partial charge in [0.1, 0.15) is 5.82 Å². The zero-order valence-electron chi connectivity index (χ0n) is 12.8. The van der Waals surface area contributed by atoms with Gasteiger partial charge in [0.05, 0.1) is 5.56 Å². The molecule has 1 N–H and O–H groups in total. The summed E-state index contributed by atoms with van der Waals surface area (Å²) in [5, 5.41) is 13.7. The minimum Gasteiger partial charge on any atom is -0.478 e. The number of hydrogen-bond donors (Lipinski definition) is 1. The van der Waals surface area contributed by atoms with Crippen molar-refractivity contribution in [2.75, 3.05) is 0 Å². The first-order valence-electron chi connectivity index (χ1n) is 7.16. The first kappa shape index (κ1) is 15.2. The zero-order chi connectivity index (χ0) is 15.6. The number of rotatable bonds is 5. The highest BCUT2D eigenvalue weighted by Gasteiger charge is 2.15. The predicted molar refractivity (Wildman–Crippen MR) is 79.0 cm³/mol. The first-order valence-corrected chi connectivity index (χ1v) is 7.16. The van der Waals surface area contributed by atoms with Gasteiger partial charge in [0.15, 0.2) is 11.6 Å². The predicted octanol–water partition coefficient (Wildman–Crippen LogP) is 2.61. The molecule has 0 spiro atoms. The highest BCUT2D eigenvalue weighted by molar-refractivity contribution is 5.88. The summed E-state index contributed by atoms with van der Waals surface area (Å²) in [4.78, 5) is 20.3. The molecule has 112 valence electrons. The van der Waals surface area contributed by atoms with Crippen LogP contribution in [0.4, 0.5) is 0 Å². The summed E-state index contributed by atoms with van der Waals surface area (Å²) >= 11 is 0. The molecule has 6 heteroatoms. The number of aryl methyl sites for hydroxylation is 2. The molecule has 0 amide bonds. The Bertz CT molecular complexity index is 662. The number of carbonyl (C=O) groups is 1. The molecule has 0 aliphatic heterocycles. The van der Waals surface area contributed by atoms with Crippen LogP contribution in [0.1, 0.15) is 61.3 Å². The molecule has 2 aromatic rings. The van der Waals surface area contributed by atoms with Crippen molar-refractivity contribution >= 4 is 5.97 Å². The van der Waals surface area contributed by atoms with Crippen molar-refractivity contribution in [1.82, 2.24) is 19.7 Å². The van der Waals surface area contributed by atoms with Crippen LogP contribution in [0.2, 0.25) is 0 Å². The van der Waals surface area contributed by atoms with Crippen LogP contribution in [-0.2, 0) is 12.8 Å². The lowest BCUT2D eigenvalue weighted by Crippen LogP contribution is -2.10. The van der Waals surface area contributed by atoms with Crippen LogP contribution < -0.4 is 0 Å². The molecule has 0 bridgehead atoms. The van der Waals surface area contributed by atoms with Crippen LogP contribution in [0.5, 0.6) is 0 Å². The Morgan fingerprint density at radius 1 is 1.24 bits per heavy atom. The average Bonchev–Trinajstić information content (AvgIpc) is 2.90. The standard InChI is InChI=1S/C15H20N4O2/c1-5-12-17-13(6-2)19(18-12)14-8-10(15(20)21)7-11(16-14)9(3)4/h7-9H,5-6H2,1-4H3,(H,20,21). The molecule has 2 aromatic heterocycles. The van der Waals surface area contributed by atoms with Crippen LogP contribution in [-0.4, -0.2) is 30.8 Å². The quantitative estimate of drug-likeness (QED) is 0.914. The van der Waals surface area contributed by atoms with Crippen molar-refractivity contribution in [3.8, 4) is 5.82 Å². The molecule has 2 rings (SSSR count). The molecular formula is C15H20N4O2. The summed E-state index contributed by atoms with van der Waals surface area (Å²) in [5.41, 5.74) is 0.958.